The third-order valence-corrected chi connectivity index (χ3v) is 3.63. The van der Waals surface area contributed by atoms with E-state index in [2.05, 4.69) is 0 Å². The SMILES string of the molecule is Cc1cc(S(=O)(=O)NCC(=O)O)ccc1C(F)(F)F. The lowest BCUT2D eigenvalue weighted by molar-refractivity contribution is -0.138. The average Bonchev–Trinajstić information content (AvgIpc) is 2.24. The van der Waals surface area contributed by atoms with Crippen molar-refractivity contribution in [3.05, 3.63) is 29.3 Å². The number of hydrogen-bond donors (Lipinski definition) is 2. The topological polar surface area (TPSA) is 83.5 Å². The summed E-state index contributed by atoms with van der Waals surface area (Å²) < 4.78 is 62.4. The van der Waals surface area contributed by atoms with Crippen LogP contribution >= 0.6 is 0 Å². The second kappa shape index (κ2) is 5.17. The molecule has 1 aromatic rings. The van der Waals surface area contributed by atoms with E-state index in [4.69, 9.17) is 5.11 Å². The van der Waals surface area contributed by atoms with Gasteiger partial charge in [-0.1, -0.05) is 0 Å². The van der Waals surface area contributed by atoms with Crippen LogP contribution in [-0.4, -0.2) is 26.0 Å². The Hall–Kier alpha value is -1.61. The van der Waals surface area contributed by atoms with Crippen molar-refractivity contribution in [1.29, 1.82) is 0 Å². The van der Waals surface area contributed by atoms with Gasteiger partial charge in [0.15, 0.2) is 0 Å². The lowest BCUT2D eigenvalue weighted by Gasteiger charge is -2.12. The Morgan fingerprint density at radius 3 is 2.37 bits per heavy atom. The Balaban J connectivity index is 3.11. The van der Waals surface area contributed by atoms with Gasteiger partial charge in [-0.2, -0.15) is 17.9 Å². The van der Waals surface area contributed by atoms with Gasteiger partial charge in [0.05, 0.1) is 10.5 Å². The van der Waals surface area contributed by atoms with Gasteiger partial charge >= 0.3 is 12.1 Å². The first-order valence-electron chi connectivity index (χ1n) is 4.93. The van der Waals surface area contributed by atoms with Crippen LogP contribution in [-0.2, 0) is 21.0 Å². The van der Waals surface area contributed by atoms with Crippen LogP contribution in [0.2, 0.25) is 0 Å². The fourth-order valence-electron chi connectivity index (χ4n) is 1.36. The normalized spacial score (nSPS) is 12.4. The molecule has 19 heavy (non-hydrogen) atoms. The number of aliphatic carboxylic acids is 1. The molecule has 2 N–H and O–H groups in total. The molecule has 0 bridgehead atoms. The number of carbonyl (C=O) groups is 1. The van der Waals surface area contributed by atoms with E-state index in [1.165, 1.54) is 0 Å². The Bertz CT molecular complexity index is 595. The zero-order chi connectivity index (χ0) is 14.8. The van der Waals surface area contributed by atoms with E-state index in [-0.39, 0.29) is 5.56 Å². The Morgan fingerprint density at radius 1 is 1.37 bits per heavy atom. The molecule has 0 atom stereocenters. The molecular weight excluding hydrogens is 287 g/mol. The number of nitrogens with one attached hydrogen (secondary N) is 1. The molecule has 5 nitrogen and oxygen atoms in total. The lowest BCUT2D eigenvalue weighted by Crippen LogP contribution is -2.29. The molecule has 0 heterocycles. The fraction of sp³-hybridized carbons (Fsp3) is 0.300. The second-order valence-corrected chi connectivity index (χ2v) is 5.46. The van der Waals surface area contributed by atoms with Crippen LogP contribution in [0, 0.1) is 6.92 Å². The quantitative estimate of drug-likeness (QED) is 0.879. The first-order chi connectivity index (χ1) is 8.54. The summed E-state index contributed by atoms with van der Waals surface area (Å²) in [6.07, 6.45) is -4.57. The molecule has 0 unspecified atom stereocenters. The van der Waals surface area contributed by atoms with Crippen molar-refractivity contribution in [3.8, 4) is 0 Å². The molecule has 0 amide bonds. The minimum Gasteiger partial charge on any atom is -0.480 e. The van der Waals surface area contributed by atoms with E-state index in [0.717, 1.165) is 19.1 Å². The number of carboxylic acids is 1. The van der Waals surface area contributed by atoms with Crippen molar-refractivity contribution < 1.29 is 31.5 Å². The highest BCUT2D eigenvalue weighted by atomic mass is 32.2. The van der Waals surface area contributed by atoms with Crippen LogP contribution in [0.15, 0.2) is 23.1 Å². The number of benzene rings is 1. The molecule has 1 aromatic carbocycles. The number of sulfonamides is 1. The van der Waals surface area contributed by atoms with Crippen LogP contribution in [0.1, 0.15) is 11.1 Å². The number of rotatable bonds is 4. The predicted molar refractivity (Wildman–Crippen MR) is 59.0 cm³/mol. The van der Waals surface area contributed by atoms with Gasteiger partial charge in [0, 0.05) is 0 Å². The average molecular weight is 297 g/mol. The lowest BCUT2D eigenvalue weighted by atomic mass is 10.1. The molecule has 106 valence electrons. The van der Waals surface area contributed by atoms with Crippen LogP contribution in [0.3, 0.4) is 0 Å². The number of alkyl halides is 3. The first-order valence-corrected chi connectivity index (χ1v) is 6.41. The van der Waals surface area contributed by atoms with E-state index >= 15 is 0 Å². The number of halogens is 3. The molecular formula is C10H10F3NO4S. The maximum absolute atomic E-state index is 12.5. The molecule has 0 spiro atoms. The van der Waals surface area contributed by atoms with Crippen molar-refractivity contribution in [2.45, 2.75) is 18.0 Å². The third-order valence-electron chi connectivity index (χ3n) is 2.23. The Labute approximate surface area is 107 Å². The van der Waals surface area contributed by atoms with Gasteiger partial charge in [0.25, 0.3) is 0 Å². The molecule has 0 aliphatic heterocycles. The number of aryl methyl sites for hydroxylation is 1. The number of carboxylic acid groups (broad SMARTS) is 1. The van der Waals surface area contributed by atoms with Gasteiger partial charge in [-0.05, 0) is 30.7 Å². The number of hydrogen-bond acceptors (Lipinski definition) is 3. The van der Waals surface area contributed by atoms with E-state index < -0.39 is 39.2 Å². The van der Waals surface area contributed by atoms with Crippen LogP contribution in [0.25, 0.3) is 0 Å². The molecule has 1 rings (SSSR count). The van der Waals surface area contributed by atoms with Crippen LogP contribution in [0.5, 0.6) is 0 Å². The summed E-state index contributed by atoms with van der Waals surface area (Å²) in [6, 6.07) is 2.26. The van der Waals surface area contributed by atoms with Gasteiger partial charge < -0.3 is 5.11 Å². The molecule has 0 saturated heterocycles. The summed E-state index contributed by atoms with van der Waals surface area (Å²) in [7, 11) is -4.14. The van der Waals surface area contributed by atoms with Crippen molar-refractivity contribution in [2.75, 3.05) is 6.54 Å². The Kier molecular flexibility index (Phi) is 4.21. The van der Waals surface area contributed by atoms with Gasteiger partial charge in [0.2, 0.25) is 10.0 Å². The highest BCUT2D eigenvalue weighted by Crippen LogP contribution is 2.32. The molecule has 0 saturated carbocycles. The summed E-state index contributed by atoms with van der Waals surface area (Å²) in [6.45, 7) is 0.279. The van der Waals surface area contributed by atoms with Gasteiger partial charge in [-0.25, -0.2) is 8.42 Å². The van der Waals surface area contributed by atoms with Crippen LogP contribution < -0.4 is 4.72 Å². The predicted octanol–water partition coefficient (Wildman–Crippen LogP) is 1.38. The van der Waals surface area contributed by atoms with Gasteiger partial charge in [-0.3, -0.25) is 4.79 Å². The summed E-state index contributed by atoms with van der Waals surface area (Å²) in [5.41, 5.74) is -1.20. The fourth-order valence-corrected chi connectivity index (χ4v) is 2.42. The summed E-state index contributed by atoms with van der Waals surface area (Å²) in [4.78, 5) is 9.84. The molecule has 0 radical (unpaired) electrons. The smallest absolute Gasteiger partial charge is 0.416 e. The van der Waals surface area contributed by atoms with Crippen molar-refractivity contribution in [2.24, 2.45) is 0 Å². The summed E-state index contributed by atoms with van der Waals surface area (Å²) >= 11 is 0. The molecule has 9 heteroatoms. The molecule has 0 aliphatic carbocycles. The highest BCUT2D eigenvalue weighted by molar-refractivity contribution is 7.89. The molecule has 0 aromatic heterocycles. The zero-order valence-electron chi connectivity index (χ0n) is 9.65. The summed E-state index contributed by atoms with van der Waals surface area (Å²) in [5, 5.41) is 8.35. The standard InChI is InChI=1S/C10H10F3NO4S/c1-6-4-7(2-3-8(6)10(11,12)13)19(17,18)14-5-9(15)16/h2-4,14H,5H2,1H3,(H,15,16). The van der Waals surface area contributed by atoms with E-state index in [1.54, 1.807) is 4.72 Å². The maximum Gasteiger partial charge on any atom is 0.416 e. The van der Waals surface area contributed by atoms with Gasteiger partial charge in [-0.15, -0.1) is 0 Å². The van der Waals surface area contributed by atoms with Crippen molar-refractivity contribution >= 4 is 16.0 Å². The maximum atomic E-state index is 12.5. The monoisotopic (exact) mass is 297 g/mol. The second-order valence-electron chi connectivity index (χ2n) is 3.69. The largest absolute Gasteiger partial charge is 0.480 e. The van der Waals surface area contributed by atoms with Crippen molar-refractivity contribution in [3.63, 3.8) is 0 Å². The minimum absolute atomic E-state index is 0.259. The van der Waals surface area contributed by atoms with Crippen molar-refractivity contribution in [1.82, 2.24) is 4.72 Å². The van der Waals surface area contributed by atoms with E-state index in [0.29, 0.717) is 6.07 Å². The summed E-state index contributed by atoms with van der Waals surface area (Å²) in [5.74, 6) is -1.40. The minimum atomic E-state index is -4.57. The van der Waals surface area contributed by atoms with Gasteiger partial charge in [0.1, 0.15) is 6.54 Å². The first kappa shape index (κ1) is 15.4. The Morgan fingerprint density at radius 2 is 1.95 bits per heavy atom. The zero-order valence-corrected chi connectivity index (χ0v) is 10.5. The molecule has 0 fully saturated rings. The molecule has 0 aliphatic rings. The highest BCUT2D eigenvalue weighted by Gasteiger charge is 2.32. The van der Waals surface area contributed by atoms with E-state index in [9.17, 15) is 26.4 Å². The van der Waals surface area contributed by atoms with E-state index in [1.807, 2.05) is 0 Å². The van der Waals surface area contributed by atoms with Crippen LogP contribution in [0.4, 0.5) is 13.2 Å². The third kappa shape index (κ3) is 3.93.